The van der Waals surface area contributed by atoms with Crippen LogP contribution in [0.3, 0.4) is 0 Å². The standard InChI is InChI=1S/C13H24O2/c1-5-7-8-9-11(3)10-15-13(14)12(4)6-2/h6,11H,5,7-10H2,1-4H3/b12-6+. The summed E-state index contributed by atoms with van der Waals surface area (Å²) in [5.41, 5.74) is 0.691. The maximum atomic E-state index is 11.3. The number of esters is 1. The van der Waals surface area contributed by atoms with Crippen LogP contribution in [0.15, 0.2) is 11.6 Å². The van der Waals surface area contributed by atoms with Crippen LogP contribution in [0.2, 0.25) is 0 Å². The lowest BCUT2D eigenvalue weighted by Gasteiger charge is -2.11. The van der Waals surface area contributed by atoms with E-state index in [1.54, 1.807) is 13.0 Å². The first-order valence-electron chi connectivity index (χ1n) is 5.91. The second-order valence-electron chi connectivity index (χ2n) is 4.17. The largest absolute Gasteiger partial charge is 0.462 e. The van der Waals surface area contributed by atoms with Crippen LogP contribution in [0.5, 0.6) is 0 Å². The van der Waals surface area contributed by atoms with Crippen LogP contribution in [0.1, 0.15) is 53.4 Å². The van der Waals surface area contributed by atoms with E-state index >= 15 is 0 Å². The van der Waals surface area contributed by atoms with Gasteiger partial charge in [-0.15, -0.1) is 0 Å². The molecule has 0 radical (unpaired) electrons. The van der Waals surface area contributed by atoms with Crippen molar-refractivity contribution < 1.29 is 9.53 Å². The first kappa shape index (κ1) is 14.2. The summed E-state index contributed by atoms with van der Waals surface area (Å²) in [4.78, 5) is 11.3. The van der Waals surface area contributed by atoms with Crippen LogP contribution in [0.25, 0.3) is 0 Å². The average Bonchev–Trinajstić information content (AvgIpc) is 2.25. The van der Waals surface area contributed by atoms with Crippen LogP contribution in [-0.2, 0) is 9.53 Å². The Morgan fingerprint density at radius 2 is 2.07 bits per heavy atom. The van der Waals surface area contributed by atoms with E-state index in [2.05, 4.69) is 13.8 Å². The first-order valence-corrected chi connectivity index (χ1v) is 5.91. The van der Waals surface area contributed by atoms with Crippen molar-refractivity contribution in [2.24, 2.45) is 5.92 Å². The molecule has 0 aliphatic rings. The molecule has 0 heterocycles. The Hall–Kier alpha value is -0.790. The lowest BCUT2D eigenvalue weighted by Crippen LogP contribution is -2.12. The summed E-state index contributed by atoms with van der Waals surface area (Å²) < 4.78 is 5.18. The van der Waals surface area contributed by atoms with E-state index in [9.17, 15) is 4.79 Å². The van der Waals surface area contributed by atoms with Crippen molar-refractivity contribution in [3.8, 4) is 0 Å². The summed E-state index contributed by atoms with van der Waals surface area (Å²) in [5.74, 6) is 0.296. The molecule has 0 rings (SSSR count). The van der Waals surface area contributed by atoms with Crippen LogP contribution in [-0.4, -0.2) is 12.6 Å². The molecular weight excluding hydrogens is 188 g/mol. The Balaban J connectivity index is 3.62. The molecule has 0 aliphatic heterocycles. The Bertz CT molecular complexity index is 207. The highest BCUT2D eigenvalue weighted by Crippen LogP contribution is 2.10. The smallest absolute Gasteiger partial charge is 0.333 e. The number of hydrogen-bond donors (Lipinski definition) is 0. The third-order valence-corrected chi connectivity index (χ3v) is 2.55. The van der Waals surface area contributed by atoms with E-state index in [4.69, 9.17) is 4.74 Å². The van der Waals surface area contributed by atoms with Crippen molar-refractivity contribution in [3.63, 3.8) is 0 Å². The number of ether oxygens (including phenoxy) is 1. The number of carbonyl (C=O) groups excluding carboxylic acids is 1. The van der Waals surface area contributed by atoms with Gasteiger partial charge in [0, 0.05) is 5.57 Å². The molecule has 0 N–H and O–H groups in total. The summed E-state index contributed by atoms with van der Waals surface area (Å²) in [5, 5.41) is 0. The van der Waals surface area contributed by atoms with E-state index < -0.39 is 0 Å². The van der Waals surface area contributed by atoms with Gasteiger partial charge in [-0.25, -0.2) is 4.79 Å². The molecule has 2 heteroatoms. The van der Waals surface area contributed by atoms with E-state index in [-0.39, 0.29) is 5.97 Å². The summed E-state index contributed by atoms with van der Waals surface area (Å²) in [6, 6.07) is 0. The minimum atomic E-state index is -0.181. The SMILES string of the molecule is C/C=C(\C)C(=O)OCC(C)CCCCC. The number of carbonyl (C=O) groups is 1. The quantitative estimate of drug-likeness (QED) is 0.365. The number of allylic oxidation sites excluding steroid dienone is 1. The summed E-state index contributed by atoms with van der Waals surface area (Å²) in [7, 11) is 0. The highest BCUT2D eigenvalue weighted by atomic mass is 16.5. The van der Waals surface area contributed by atoms with E-state index in [0.717, 1.165) is 6.42 Å². The monoisotopic (exact) mass is 212 g/mol. The lowest BCUT2D eigenvalue weighted by molar-refractivity contribution is -0.140. The van der Waals surface area contributed by atoms with Gasteiger partial charge in [-0.1, -0.05) is 39.2 Å². The van der Waals surface area contributed by atoms with E-state index in [1.807, 2.05) is 6.92 Å². The zero-order valence-electron chi connectivity index (χ0n) is 10.5. The van der Waals surface area contributed by atoms with E-state index in [1.165, 1.54) is 19.3 Å². The molecule has 15 heavy (non-hydrogen) atoms. The topological polar surface area (TPSA) is 26.3 Å². The normalized spacial score (nSPS) is 13.7. The molecule has 2 nitrogen and oxygen atoms in total. The number of unbranched alkanes of at least 4 members (excludes halogenated alkanes) is 2. The van der Waals surface area contributed by atoms with Gasteiger partial charge >= 0.3 is 5.97 Å². The first-order chi connectivity index (χ1) is 7.11. The lowest BCUT2D eigenvalue weighted by atomic mass is 10.0. The minimum absolute atomic E-state index is 0.181. The molecule has 88 valence electrons. The molecular formula is C13H24O2. The maximum Gasteiger partial charge on any atom is 0.333 e. The van der Waals surface area contributed by atoms with Crippen molar-refractivity contribution in [2.45, 2.75) is 53.4 Å². The molecule has 0 amide bonds. The second-order valence-corrected chi connectivity index (χ2v) is 4.17. The molecule has 0 saturated carbocycles. The Morgan fingerprint density at radius 1 is 1.40 bits per heavy atom. The fraction of sp³-hybridized carbons (Fsp3) is 0.769. The van der Waals surface area contributed by atoms with Crippen molar-refractivity contribution in [3.05, 3.63) is 11.6 Å². The van der Waals surface area contributed by atoms with Gasteiger partial charge in [-0.3, -0.25) is 0 Å². The van der Waals surface area contributed by atoms with Crippen LogP contribution in [0.4, 0.5) is 0 Å². The molecule has 0 bridgehead atoms. The molecule has 0 spiro atoms. The Morgan fingerprint density at radius 3 is 2.60 bits per heavy atom. The Kier molecular flexibility index (Phi) is 8.06. The highest BCUT2D eigenvalue weighted by molar-refractivity contribution is 5.87. The highest BCUT2D eigenvalue weighted by Gasteiger charge is 2.08. The third-order valence-electron chi connectivity index (χ3n) is 2.55. The van der Waals surface area contributed by atoms with Gasteiger partial charge in [-0.05, 0) is 26.2 Å². The van der Waals surface area contributed by atoms with Gasteiger partial charge in [0.2, 0.25) is 0 Å². The molecule has 1 unspecified atom stereocenters. The zero-order valence-corrected chi connectivity index (χ0v) is 10.5. The van der Waals surface area contributed by atoms with Gasteiger partial charge in [-0.2, -0.15) is 0 Å². The molecule has 1 atom stereocenters. The van der Waals surface area contributed by atoms with Crippen LogP contribution in [0, 0.1) is 5.92 Å². The molecule has 0 aliphatic carbocycles. The number of hydrogen-bond acceptors (Lipinski definition) is 2. The van der Waals surface area contributed by atoms with Crippen molar-refractivity contribution in [2.75, 3.05) is 6.61 Å². The molecule has 0 fully saturated rings. The molecule has 0 aromatic heterocycles. The van der Waals surface area contributed by atoms with Gasteiger partial charge in [0.1, 0.15) is 0 Å². The average molecular weight is 212 g/mol. The second kappa shape index (κ2) is 8.51. The summed E-state index contributed by atoms with van der Waals surface area (Å²) >= 11 is 0. The van der Waals surface area contributed by atoms with Crippen LogP contribution < -0.4 is 0 Å². The minimum Gasteiger partial charge on any atom is -0.462 e. The van der Waals surface area contributed by atoms with Gasteiger partial charge in [0.25, 0.3) is 0 Å². The van der Waals surface area contributed by atoms with Crippen LogP contribution >= 0.6 is 0 Å². The van der Waals surface area contributed by atoms with Crippen molar-refractivity contribution in [1.82, 2.24) is 0 Å². The Labute approximate surface area is 93.7 Å². The van der Waals surface area contributed by atoms with Crippen molar-refractivity contribution in [1.29, 1.82) is 0 Å². The van der Waals surface area contributed by atoms with Gasteiger partial charge in [0.15, 0.2) is 0 Å². The van der Waals surface area contributed by atoms with Crippen molar-refractivity contribution >= 4 is 5.97 Å². The summed E-state index contributed by atoms with van der Waals surface area (Å²) in [6.45, 7) is 8.51. The predicted molar refractivity (Wildman–Crippen MR) is 63.7 cm³/mol. The zero-order chi connectivity index (χ0) is 11.7. The maximum absolute atomic E-state index is 11.3. The van der Waals surface area contributed by atoms with Gasteiger partial charge < -0.3 is 4.74 Å². The fourth-order valence-corrected chi connectivity index (χ4v) is 1.28. The number of rotatable bonds is 7. The molecule has 0 aromatic rings. The van der Waals surface area contributed by atoms with Gasteiger partial charge in [0.05, 0.1) is 6.61 Å². The summed E-state index contributed by atoms with van der Waals surface area (Å²) in [6.07, 6.45) is 6.67. The van der Waals surface area contributed by atoms with E-state index in [0.29, 0.717) is 18.1 Å². The fourth-order valence-electron chi connectivity index (χ4n) is 1.28. The molecule has 0 saturated heterocycles. The third kappa shape index (κ3) is 7.18. The predicted octanol–water partition coefficient (Wildman–Crippen LogP) is 3.71. The molecule has 0 aromatic carbocycles.